The molecule has 3 rings (SSSR count). The SMILES string of the molecule is Cn1nccc1NC(=O)C1CC2CCCCC2N1. The highest BCUT2D eigenvalue weighted by atomic mass is 16.2. The zero-order valence-electron chi connectivity index (χ0n) is 10.7. The smallest absolute Gasteiger partial charge is 0.242 e. The van der Waals surface area contributed by atoms with Crippen LogP contribution in [0.25, 0.3) is 0 Å². The lowest BCUT2D eigenvalue weighted by Crippen LogP contribution is -2.40. The normalized spacial score (nSPS) is 31.1. The molecule has 2 fully saturated rings. The Bertz CT molecular complexity index is 428. The molecule has 3 unspecified atom stereocenters. The number of aryl methyl sites for hydroxylation is 1. The van der Waals surface area contributed by atoms with E-state index >= 15 is 0 Å². The summed E-state index contributed by atoms with van der Waals surface area (Å²) in [4.78, 5) is 12.2. The van der Waals surface area contributed by atoms with Crippen molar-refractivity contribution in [1.29, 1.82) is 0 Å². The first-order valence-electron chi connectivity index (χ1n) is 6.79. The summed E-state index contributed by atoms with van der Waals surface area (Å²) in [5.41, 5.74) is 0. The number of carbonyl (C=O) groups is 1. The highest BCUT2D eigenvalue weighted by molar-refractivity contribution is 5.94. The monoisotopic (exact) mass is 248 g/mol. The van der Waals surface area contributed by atoms with Crippen molar-refractivity contribution in [2.75, 3.05) is 5.32 Å². The van der Waals surface area contributed by atoms with Gasteiger partial charge in [0.1, 0.15) is 5.82 Å². The molecule has 0 aromatic carbocycles. The zero-order chi connectivity index (χ0) is 12.5. The van der Waals surface area contributed by atoms with Crippen LogP contribution in [0.2, 0.25) is 0 Å². The molecule has 1 aliphatic carbocycles. The van der Waals surface area contributed by atoms with Crippen molar-refractivity contribution in [2.24, 2.45) is 13.0 Å². The van der Waals surface area contributed by atoms with Gasteiger partial charge in [0.2, 0.25) is 5.91 Å². The minimum Gasteiger partial charge on any atom is -0.310 e. The Balaban J connectivity index is 1.62. The molecule has 5 heteroatoms. The summed E-state index contributed by atoms with van der Waals surface area (Å²) in [6.07, 6.45) is 7.78. The van der Waals surface area contributed by atoms with Gasteiger partial charge in [0.25, 0.3) is 0 Å². The average Bonchev–Trinajstić information content (AvgIpc) is 2.96. The highest BCUT2D eigenvalue weighted by Crippen LogP contribution is 2.33. The van der Waals surface area contributed by atoms with Gasteiger partial charge in [-0.2, -0.15) is 5.10 Å². The van der Waals surface area contributed by atoms with Gasteiger partial charge in [0.15, 0.2) is 0 Å². The molecule has 1 aromatic heterocycles. The average molecular weight is 248 g/mol. The maximum atomic E-state index is 12.2. The first-order valence-corrected chi connectivity index (χ1v) is 6.79. The summed E-state index contributed by atoms with van der Waals surface area (Å²) >= 11 is 0. The fourth-order valence-corrected chi connectivity index (χ4v) is 3.23. The van der Waals surface area contributed by atoms with Gasteiger partial charge in [0, 0.05) is 19.2 Å². The molecular weight excluding hydrogens is 228 g/mol. The molecule has 3 atom stereocenters. The lowest BCUT2D eigenvalue weighted by Gasteiger charge is -2.24. The molecule has 0 bridgehead atoms. The summed E-state index contributed by atoms with van der Waals surface area (Å²) in [5.74, 6) is 1.53. The number of nitrogens with zero attached hydrogens (tertiary/aromatic N) is 2. The molecule has 2 N–H and O–H groups in total. The van der Waals surface area contributed by atoms with Crippen molar-refractivity contribution in [2.45, 2.75) is 44.2 Å². The summed E-state index contributed by atoms with van der Waals surface area (Å²) in [6, 6.07) is 2.34. The van der Waals surface area contributed by atoms with E-state index in [1.165, 1.54) is 25.7 Å². The van der Waals surface area contributed by atoms with Crippen LogP contribution in [0.5, 0.6) is 0 Å². The summed E-state index contributed by atoms with van der Waals surface area (Å²) in [7, 11) is 1.83. The highest BCUT2D eigenvalue weighted by Gasteiger charge is 2.38. The van der Waals surface area contributed by atoms with E-state index < -0.39 is 0 Å². The van der Waals surface area contributed by atoms with E-state index in [1.807, 2.05) is 13.1 Å². The Morgan fingerprint density at radius 3 is 3.06 bits per heavy atom. The summed E-state index contributed by atoms with van der Waals surface area (Å²) < 4.78 is 1.68. The van der Waals surface area contributed by atoms with Crippen molar-refractivity contribution in [3.8, 4) is 0 Å². The Morgan fingerprint density at radius 1 is 1.50 bits per heavy atom. The fourth-order valence-electron chi connectivity index (χ4n) is 3.23. The van der Waals surface area contributed by atoms with Gasteiger partial charge in [0.05, 0.1) is 12.2 Å². The largest absolute Gasteiger partial charge is 0.310 e. The van der Waals surface area contributed by atoms with E-state index in [9.17, 15) is 4.79 Å². The fraction of sp³-hybridized carbons (Fsp3) is 0.692. The third-order valence-corrected chi connectivity index (χ3v) is 4.25. The second-order valence-electron chi connectivity index (χ2n) is 5.44. The Labute approximate surface area is 107 Å². The van der Waals surface area contributed by atoms with Gasteiger partial charge in [-0.05, 0) is 25.2 Å². The zero-order valence-corrected chi connectivity index (χ0v) is 10.7. The molecule has 1 amide bonds. The molecule has 1 aliphatic heterocycles. The molecule has 1 saturated heterocycles. The number of anilines is 1. The molecule has 2 aliphatic rings. The number of amides is 1. The van der Waals surface area contributed by atoms with Gasteiger partial charge < -0.3 is 10.6 Å². The molecule has 1 aromatic rings. The van der Waals surface area contributed by atoms with Crippen LogP contribution < -0.4 is 10.6 Å². The minimum absolute atomic E-state index is 0.0343. The maximum Gasteiger partial charge on any atom is 0.242 e. The summed E-state index contributed by atoms with van der Waals surface area (Å²) in [6.45, 7) is 0. The molecule has 98 valence electrons. The second-order valence-corrected chi connectivity index (χ2v) is 5.44. The maximum absolute atomic E-state index is 12.2. The van der Waals surface area contributed by atoms with Crippen molar-refractivity contribution in [1.82, 2.24) is 15.1 Å². The van der Waals surface area contributed by atoms with Crippen LogP contribution in [-0.4, -0.2) is 27.8 Å². The van der Waals surface area contributed by atoms with Gasteiger partial charge in [-0.15, -0.1) is 0 Å². The standard InChI is InChI=1S/C13H20N4O/c1-17-12(6-7-14-17)16-13(18)11-8-9-4-2-3-5-10(9)15-11/h6-7,9-11,15H,2-5,8H2,1H3,(H,16,18). The number of hydrogen-bond acceptors (Lipinski definition) is 3. The van der Waals surface area contributed by atoms with E-state index in [-0.39, 0.29) is 11.9 Å². The van der Waals surface area contributed by atoms with Gasteiger partial charge >= 0.3 is 0 Å². The molecule has 1 saturated carbocycles. The van der Waals surface area contributed by atoms with Crippen LogP contribution in [0.1, 0.15) is 32.1 Å². The van der Waals surface area contributed by atoms with Crippen LogP contribution in [0.3, 0.4) is 0 Å². The predicted octanol–water partition coefficient (Wildman–Crippen LogP) is 1.28. The van der Waals surface area contributed by atoms with Gasteiger partial charge in [-0.3, -0.25) is 9.48 Å². The van der Waals surface area contributed by atoms with E-state index in [2.05, 4.69) is 15.7 Å². The quantitative estimate of drug-likeness (QED) is 0.829. The molecule has 2 heterocycles. The van der Waals surface area contributed by atoms with Crippen molar-refractivity contribution >= 4 is 11.7 Å². The van der Waals surface area contributed by atoms with Gasteiger partial charge in [-0.1, -0.05) is 12.8 Å². The predicted molar refractivity (Wildman–Crippen MR) is 69.1 cm³/mol. The number of aromatic nitrogens is 2. The lowest BCUT2D eigenvalue weighted by atomic mass is 9.85. The number of fused-ring (bicyclic) bond motifs is 1. The molecule has 5 nitrogen and oxygen atoms in total. The number of rotatable bonds is 2. The van der Waals surface area contributed by atoms with Crippen LogP contribution in [0, 0.1) is 5.92 Å². The first kappa shape index (κ1) is 11.7. The Morgan fingerprint density at radius 2 is 2.33 bits per heavy atom. The Kier molecular flexibility index (Phi) is 3.07. The van der Waals surface area contributed by atoms with Crippen LogP contribution in [0.4, 0.5) is 5.82 Å². The minimum atomic E-state index is -0.0343. The van der Waals surface area contributed by atoms with Gasteiger partial charge in [-0.25, -0.2) is 0 Å². The Hall–Kier alpha value is -1.36. The summed E-state index contributed by atoms with van der Waals surface area (Å²) in [5, 5.41) is 10.5. The third-order valence-electron chi connectivity index (χ3n) is 4.25. The van der Waals surface area contributed by atoms with E-state index in [0.717, 1.165) is 12.2 Å². The van der Waals surface area contributed by atoms with E-state index in [1.54, 1.807) is 10.9 Å². The third kappa shape index (κ3) is 2.14. The number of hydrogen-bond donors (Lipinski definition) is 2. The second kappa shape index (κ2) is 4.72. The number of nitrogens with one attached hydrogen (secondary N) is 2. The van der Waals surface area contributed by atoms with Crippen LogP contribution >= 0.6 is 0 Å². The topological polar surface area (TPSA) is 59.0 Å². The van der Waals surface area contributed by atoms with Crippen molar-refractivity contribution < 1.29 is 4.79 Å². The number of carbonyl (C=O) groups excluding carboxylic acids is 1. The lowest BCUT2D eigenvalue weighted by molar-refractivity contribution is -0.117. The van der Waals surface area contributed by atoms with E-state index in [4.69, 9.17) is 0 Å². The van der Waals surface area contributed by atoms with E-state index in [0.29, 0.717) is 12.0 Å². The molecule has 0 radical (unpaired) electrons. The molecule has 18 heavy (non-hydrogen) atoms. The molecule has 0 spiro atoms. The van der Waals surface area contributed by atoms with Crippen LogP contribution in [-0.2, 0) is 11.8 Å². The molecular formula is C13H20N4O. The van der Waals surface area contributed by atoms with Crippen LogP contribution in [0.15, 0.2) is 12.3 Å². The van der Waals surface area contributed by atoms with Crippen molar-refractivity contribution in [3.05, 3.63) is 12.3 Å². The van der Waals surface area contributed by atoms with Crippen molar-refractivity contribution in [3.63, 3.8) is 0 Å². The first-order chi connectivity index (χ1) is 8.74.